The van der Waals surface area contributed by atoms with Crippen molar-refractivity contribution in [1.82, 2.24) is 19.7 Å². The van der Waals surface area contributed by atoms with Crippen LogP contribution in [-0.2, 0) is 22.6 Å². The van der Waals surface area contributed by atoms with Gasteiger partial charge >= 0.3 is 0 Å². The van der Waals surface area contributed by atoms with Crippen LogP contribution < -0.4 is 5.32 Å². The van der Waals surface area contributed by atoms with Crippen LogP contribution in [0.25, 0.3) is 5.69 Å². The van der Waals surface area contributed by atoms with Crippen molar-refractivity contribution in [3.8, 4) is 5.69 Å². The van der Waals surface area contributed by atoms with Crippen molar-refractivity contribution in [1.29, 1.82) is 0 Å². The lowest BCUT2D eigenvalue weighted by molar-refractivity contribution is -0.138. The van der Waals surface area contributed by atoms with E-state index in [1.54, 1.807) is 11.2 Å². The fraction of sp³-hybridized carbons (Fsp3) is 0.238. The molecule has 7 nitrogen and oxygen atoms in total. The van der Waals surface area contributed by atoms with E-state index in [-0.39, 0.29) is 11.8 Å². The minimum absolute atomic E-state index is 0.108. The van der Waals surface area contributed by atoms with Crippen LogP contribution in [0.1, 0.15) is 23.9 Å². The van der Waals surface area contributed by atoms with E-state index >= 15 is 0 Å². The number of amides is 2. The average molecular weight is 375 g/mol. The molecular formula is C21H21N5O2. The second-order valence-electron chi connectivity index (χ2n) is 6.92. The molecule has 0 radical (unpaired) electrons. The van der Waals surface area contributed by atoms with Gasteiger partial charge in [-0.15, -0.1) is 10.2 Å². The summed E-state index contributed by atoms with van der Waals surface area (Å²) in [6, 6.07) is 14.9. The van der Waals surface area contributed by atoms with Crippen LogP contribution >= 0.6 is 0 Å². The van der Waals surface area contributed by atoms with E-state index < -0.39 is 6.04 Å². The number of nitrogens with zero attached hydrogens (tertiary/aromatic N) is 4. The first-order chi connectivity index (χ1) is 13.5. The lowest BCUT2D eigenvalue weighted by Crippen LogP contribution is -2.49. The molecule has 0 spiro atoms. The van der Waals surface area contributed by atoms with Gasteiger partial charge in [-0.2, -0.15) is 0 Å². The third-order valence-electron chi connectivity index (χ3n) is 5.07. The van der Waals surface area contributed by atoms with Crippen LogP contribution in [0.15, 0.2) is 54.9 Å². The normalized spacial score (nSPS) is 15.8. The second-order valence-corrected chi connectivity index (χ2v) is 6.92. The maximum atomic E-state index is 13.0. The number of aryl methyl sites for hydroxylation is 1. The summed E-state index contributed by atoms with van der Waals surface area (Å²) < 4.78 is 1.84. The van der Waals surface area contributed by atoms with Crippen LogP contribution in [0.4, 0.5) is 5.69 Å². The monoisotopic (exact) mass is 375 g/mol. The molecule has 1 aliphatic heterocycles. The molecule has 3 aromatic rings. The summed E-state index contributed by atoms with van der Waals surface area (Å²) in [7, 11) is 0. The molecule has 1 N–H and O–H groups in total. The van der Waals surface area contributed by atoms with Crippen molar-refractivity contribution in [3.05, 3.63) is 71.8 Å². The molecule has 4 rings (SSSR count). The zero-order chi connectivity index (χ0) is 19.7. The number of rotatable bonds is 3. The lowest BCUT2D eigenvalue weighted by Gasteiger charge is -2.35. The molecule has 0 saturated heterocycles. The summed E-state index contributed by atoms with van der Waals surface area (Å²) in [6.07, 6.45) is 2.14. The predicted octanol–water partition coefficient (Wildman–Crippen LogP) is 2.49. The standard InChI is InChI=1S/C21H21N5O2/c1-14-24-22-13-26(14)19-9-5-8-18(11-19)23-21(28)20-10-16-6-3-4-7-17(16)12-25(20)15(2)27/h3-9,11,13,20H,10,12H2,1-2H3,(H,23,28). The molecule has 0 fully saturated rings. The number of anilines is 1. The van der Waals surface area contributed by atoms with Crippen molar-refractivity contribution < 1.29 is 9.59 Å². The van der Waals surface area contributed by atoms with Crippen molar-refractivity contribution in [2.75, 3.05) is 5.32 Å². The summed E-state index contributed by atoms with van der Waals surface area (Å²) in [5.74, 6) is 0.459. The Labute approximate surface area is 163 Å². The first kappa shape index (κ1) is 17.9. The minimum atomic E-state index is -0.535. The van der Waals surface area contributed by atoms with E-state index in [9.17, 15) is 9.59 Å². The first-order valence-electron chi connectivity index (χ1n) is 9.15. The van der Waals surface area contributed by atoms with Gasteiger partial charge in [-0.25, -0.2) is 0 Å². The Bertz CT molecular complexity index is 1040. The molecule has 1 unspecified atom stereocenters. The molecule has 0 bridgehead atoms. The van der Waals surface area contributed by atoms with E-state index in [1.807, 2.05) is 60.0 Å². The molecular weight excluding hydrogens is 354 g/mol. The highest BCUT2D eigenvalue weighted by molar-refractivity contribution is 5.97. The molecule has 2 aromatic carbocycles. The largest absolute Gasteiger partial charge is 0.326 e. The topological polar surface area (TPSA) is 80.1 Å². The van der Waals surface area contributed by atoms with Crippen LogP contribution in [0.2, 0.25) is 0 Å². The number of carbonyl (C=O) groups is 2. The zero-order valence-corrected chi connectivity index (χ0v) is 15.8. The quantitative estimate of drug-likeness (QED) is 0.763. The Morgan fingerprint density at radius 3 is 2.61 bits per heavy atom. The fourth-order valence-corrected chi connectivity index (χ4v) is 3.59. The Morgan fingerprint density at radius 1 is 1.11 bits per heavy atom. The van der Waals surface area contributed by atoms with Gasteiger partial charge in [0.1, 0.15) is 18.2 Å². The Hall–Kier alpha value is -3.48. The average Bonchev–Trinajstić information content (AvgIpc) is 3.13. The summed E-state index contributed by atoms with van der Waals surface area (Å²) in [5, 5.41) is 10.8. The fourth-order valence-electron chi connectivity index (χ4n) is 3.59. The Morgan fingerprint density at radius 2 is 1.89 bits per heavy atom. The van der Waals surface area contributed by atoms with Gasteiger partial charge < -0.3 is 10.2 Å². The number of aromatic nitrogens is 3. The maximum absolute atomic E-state index is 13.0. The number of nitrogens with one attached hydrogen (secondary N) is 1. The van der Waals surface area contributed by atoms with Crippen LogP contribution in [0.3, 0.4) is 0 Å². The summed E-state index contributed by atoms with van der Waals surface area (Å²) >= 11 is 0. The zero-order valence-electron chi connectivity index (χ0n) is 15.8. The third-order valence-corrected chi connectivity index (χ3v) is 5.07. The highest BCUT2D eigenvalue weighted by Crippen LogP contribution is 2.25. The van der Waals surface area contributed by atoms with Gasteiger partial charge in [0.05, 0.1) is 5.69 Å². The number of hydrogen-bond acceptors (Lipinski definition) is 4. The lowest BCUT2D eigenvalue weighted by atomic mass is 9.93. The highest BCUT2D eigenvalue weighted by Gasteiger charge is 2.33. The Kier molecular flexibility index (Phi) is 4.65. The molecule has 28 heavy (non-hydrogen) atoms. The summed E-state index contributed by atoms with van der Waals surface area (Å²) in [6.45, 7) is 3.82. The van der Waals surface area contributed by atoms with Gasteiger partial charge in [-0.1, -0.05) is 30.3 Å². The van der Waals surface area contributed by atoms with E-state index in [1.165, 1.54) is 6.92 Å². The molecule has 2 amide bonds. The summed E-state index contributed by atoms with van der Waals surface area (Å²) in [4.78, 5) is 26.8. The van der Waals surface area contributed by atoms with E-state index in [0.717, 1.165) is 22.6 Å². The van der Waals surface area contributed by atoms with E-state index in [2.05, 4.69) is 15.5 Å². The van der Waals surface area contributed by atoms with Crippen molar-refractivity contribution in [2.24, 2.45) is 0 Å². The van der Waals surface area contributed by atoms with Gasteiger partial charge in [-0.05, 0) is 36.2 Å². The maximum Gasteiger partial charge on any atom is 0.247 e. The van der Waals surface area contributed by atoms with E-state index in [0.29, 0.717) is 18.7 Å². The molecule has 1 aromatic heterocycles. The molecule has 0 aliphatic carbocycles. The van der Waals surface area contributed by atoms with Crippen LogP contribution in [0.5, 0.6) is 0 Å². The van der Waals surface area contributed by atoms with Gasteiger partial charge in [0.2, 0.25) is 11.8 Å². The summed E-state index contributed by atoms with van der Waals surface area (Å²) in [5.41, 5.74) is 3.72. The number of benzene rings is 2. The van der Waals surface area contributed by atoms with Gasteiger partial charge in [0.25, 0.3) is 0 Å². The second kappa shape index (κ2) is 7.26. The van der Waals surface area contributed by atoms with Gasteiger partial charge in [-0.3, -0.25) is 14.2 Å². The van der Waals surface area contributed by atoms with Gasteiger partial charge in [0, 0.05) is 25.6 Å². The molecule has 142 valence electrons. The predicted molar refractivity (Wildman–Crippen MR) is 105 cm³/mol. The van der Waals surface area contributed by atoms with E-state index in [4.69, 9.17) is 0 Å². The number of fused-ring (bicyclic) bond motifs is 1. The third kappa shape index (κ3) is 3.38. The Balaban J connectivity index is 1.58. The van der Waals surface area contributed by atoms with Crippen LogP contribution in [-0.4, -0.2) is 37.5 Å². The van der Waals surface area contributed by atoms with Gasteiger partial charge in [0.15, 0.2) is 0 Å². The van der Waals surface area contributed by atoms with Crippen molar-refractivity contribution in [2.45, 2.75) is 32.9 Å². The van der Waals surface area contributed by atoms with Crippen LogP contribution in [0, 0.1) is 6.92 Å². The number of carbonyl (C=O) groups excluding carboxylic acids is 2. The first-order valence-corrected chi connectivity index (χ1v) is 9.15. The molecule has 1 atom stereocenters. The molecule has 2 heterocycles. The molecule has 1 aliphatic rings. The minimum Gasteiger partial charge on any atom is -0.326 e. The van der Waals surface area contributed by atoms with Crippen molar-refractivity contribution in [3.63, 3.8) is 0 Å². The van der Waals surface area contributed by atoms with Crippen molar-refractivity contribution >= 4 is 17.5 Å². The molecule has 0 saturated carbocycles. The highest BCUT2D eigenvalue weighted by atomic mass is 16.2. The smallest absolute Gasteiger partial charge is 0.247 e. The SMILES string of the molecule is CC(=O)N1Cc2ccccc2CC1C(=O)Nc1cccc(-n2cnnc2C)c1. The number of hydrogen-bond donors (Lipinski definition) is 1. The molecule has 7 heteroatoms.